The number of nitriles is 1. The van der Waals surface area contributed by atoms with Crippen LogP contribution in [0.25, 0.3) is 0 Å². The summed E-state index contributed by atoms with van der Waals surface area (Å²) < 4.78 is 0. The Hall–Kier alpha value is -1.56. The molecule has 3 nitrogen and oxygen atoms in total. The van der Waals surface area contributed by atoms with E-state index in [0.717, 1.165) is 12.1 Å². The summed E-state index contributed by atoms with van der Waals surface area (Å²) in [6.45, 7) is 4.34. The maximum atomic E-state index is 8.93. The van der Waals surface area contributed by atoms with Gasteiger partial charge in [-0.15, -0.1) is 0 Å². The van der Waals surface area contributed by atoms with Gasteiger partial charge in [-0.05, 0) is 19.4 Å². The first-order chi connectivity index (χ1) is 7.77. The molecule has 0 aromatic carbocycles. The maximum Gasteiger partial charge on any atom is 0.101 e. The Morgan fingerprint density at radius 2 is 2.31 bits per heavy atom. The molecule has 0 spiro atoms. The van der Waals surface area contributed by atoms with Gasteiger partial charge in [-0.1, -0.05) is 26.2 Å². The lowest BCUT2D eigenvalue weighted by molar-refractivity contribution is 0.615. The number of anilines is 1. The first-order valence-electron chi connectivity index (χ1n) is 5.88. The zero-order valence-electron chi connectivity index (χ0n) is 10.0. The van der Waals surface area contributed by atoms with Gasteiger partial charge in [0.15, 0.2) is 0 Å². The van der Waals surface area contributed by atoms with Crippen molar-refractivity contribution in [3.63, 3.8) is 0 Å². The number of hydrogen-bond acceptors (Lipinski definition) is 3. The van der Waals surface area contributed by atoms with Gasteiger partial charge in [-0.2, -0.15) is 5.26 Å². The Morgan fingerprint density at radius 1 is 1.50 bits per heavy atom. The van der Waals surface area contributed by atoms with Crippen LogP contribution >= 0.6 is 0 Å². The molecule has 0 fully saturated rings. The molecule has 0 aliphatic carbocycles. The fourth-order valence-electron chi connectivity index (χ4n) is 1.65. The number of hydrogen-bond donors (Lipinski definition) is 1. The molecule has 1 rings (SSSR count). The van der Waals surface area contributed by atoms with E-state index in [0.29, 0.717) is 11.6 Å². The highest BCUT2D eigenvalue weighted by Crippen LogP contribution is 2.15. The fourth-order valence-corrected chi connectivity index (χ4v) is 1.65. The molecule has 0 bridgehead atoms. The highest BCUT2D eigenvalue weighted by Gasteiger charge is 2.05. The minimum absolute atomic E-state index is 0.392. The van der Waals surface area contributed by atoms with Crippen molar-refractivity contribution in [2.75, 3.05) is 5.32 Å². The van der Waals surface area contributed by atoms with Crippen LogP contribution in [0, 0.1) is 11.3 Å². The Balaban J connectivity index is 2.49. The molecule has 1 aromatic heterocycles. The Kier molecular flexibility index (Phi) is 5.35. The number of nitrogens with zero attached hydrogens (tertiary/aromatic N) is 2. The van der Waals surface area contributed by atoms with Crippen LogP contribution in [0.15, 0.2) is 18.5 Å². The zero-order chi connectivity index (χ0) is 11.8. The molecule has 0 saturated carbocycles. The van der Waals surface area contributed by atoms with Gasteiger partial charge in [0, 0.05) is 12.2 Å². The van der Waals surface area contributed by atoms with Gasteiger partial charge in [0.25, 0.3) is 0 Å². The normalized spacial score (nSPS) is 11.8. The van der Waals surface area contributed by atoms with E-state index in [4.69, 9.17) is 5.26 Å². The van der Waals surface area contributed by atoms with Crippen LogP contribution in [0.1, 0.15) is 45.1 Å². The van der Waals surface area contributed by atoms with Crippen molar-refractivity contribution in [3.05, 3.63) is 24.0 Å². The molecule has 0 amide bonds. The second-order valence-corrected chi connectivity index (χ2v) is 4.07. The quantitative estimate of drug-likeness (QED) is 0.743. The number of nitrogens with one attached hydrogen (secondary N) is 1. The molecule has 0 aliphatic rings. The number of unbranched alkanes of at least 4 members (excludes halogenated alkanes) is 2. The summed E-state index contributed by atoms with van der Waals surface area (Å²) in [5.41, 5.74) is 1.51. The average Bonchev–Trinajstić information content (AvgIpc) is 2.30. The Bertz CT molecular complexity index is 354. The average molecular weight is 217 g/mol. The minimum atomic E-state index is 0.392. The van der Waals surface area contributed by atoms with Crippen molar-refractivity contribution in [3.8, 4) is 6.07 Å². The van der Waals surface area contributed by atoms with E-state index in [1.54, 1.807) is 18.5 Å². The first-order valence-corrected chi connectivity index (χ1v) is 5.88. The topological polar surface area (TPSA) is 48.7 Å². The zero-order valence-corrected chi connectivity index (χ0v) is 10.0. The van der Waals surface area contributed by atoms with Gasteiger partial charge in [0.05, 0.1) is 17.4 Å². The summed E-state index contributed by atoms with van der Waals surface area (Å²) >= 11 is 0. The van der Waals surface area contributed by atoms with E-state index in [9.17, 15) is 0 Å². The summed E-state index contributed by atoms with van der Waals surface area (Å²) in [7, 11) is 0. The SMILES string of the molecule is CCCCCC(C)Nc1cnccc1C#N. The molecule has 1 N–H and O–H groups in total. The van der Waals surface area contributed by atoms with Crippen molar-refractivity contribution in [2.24, 2.45) is 0 Å². The molecular weight excluding hydrogens is 198 g/mol. The van der Waals surface area contributed by atoms with Crippen molar-refractivity contribution in [1.82, 2.24) is 4.98 Å². The van der Waals surface area contributed by atoms with Crippen molar-refractivity contribution in [2.45, 2.75) is 45.6 Å². The largest absolute Gasteiger partial charge is 0.380 e. The second-order valence-electron chi connectivity index (χ2n) is 4.07. The van der Waals surface area contributed by atoms with E-state index in [1.807, 2.05) is 0 Å². The maximum absolute atomic E-state index is 8.93. The third kappa shape index (κ3) is 3.90. The van der Waals surface area contributed by atoms with Crippen LogP contribution in [-0.2, 0) is 0 Å². The Labute approximate surface area is 97.5 Å². The van der Waals surface area contributed by atoms with Gasteiger partial charge < -0.3 is 5.32 Å². The standard InChI is InChI=1S/C13H19N3/c1-3-4-5-6-11(2)16-13-10-15-8-7-12(13)9-14/h7-8,10-11,16H,3-6H2,1-2H3. The van der Waals surface area contributed by atoms with Crippen LogP contribution in [-0.4, -0.2) is 11.0 Å². The van der Waals surface area contributed by atoms with E-state index in [-0.39, 0.29) is 0 Å². The predicted molar refractivity (Wildman–Crippen MR) is 66.2 cm³/mol. The van der Waals surface area contributed by atoms with Gasteiger partial charge >= 0.3 is 0 Å². The van der Waals surface area contributed by atoms with Gasteiger partial charge in [-0.25, -0.2) is 0 Å². The predicted octanol–water partition coefficient (Wildman–Crippen LogP) is 3.33. The minimum Gasteiger partial charge on any atom is -0.380 e. The molecule has 0 radical (unpaired) electrons. The molecule has 0 aliphatic heterocycles. The summed E-state index contributed by atoms with van der Waals surface area (Å²) in [5.74, 6) is 0. The van der Waals surface area contributed by atoms with Gasteiger partial charge in [-0.3, -0.25) is 4.98 Å². The lowest BCUT2D eigenvalue weighted by Gasteiger charge is -2.15. The summed E-state index contributed by atoms with van der Waals surface area (Å²) in [6.07, 6.45) is 8.23. The van der Waals surface area contributed by atoms with E-state index in [1.165, 1.54) is 19.3 Å². The monoisotopic (exact) mass is 217 g/mol. The van der Waals surface area contributed by atoms with Crippen LogP contribution in [0.5, 0.6) is 0 Å². The summed E-state index contributed by atoms with van der Waals surface area (Å²) in [5, 5.41) is 12.3. The highest BCUT2D eigenvalue weighted by molar-refractivity contribution is 5.55. The van der Waals surface area contributed by atoms with Crippen LogP contribution in [0.4, 0.5) is 5.69 Å². The van der Waals surface area contributed by atoms with Crippen molar-refractivity contribution >= 4 is 5.69 Å². The molecule has 1 aromatic rings. The smallest absolute Gasteiger partial charge is 0.101 e. The molecular formula is C13H19N3. The number of aromatic nitrogens is 1. The van der Waals surface area contributed by atoms with E-state index >= 15 is 0 Å². The van der Waals surface area contributed by atoms with Crippen LogP contribution < -0.4 is 5.32 Å². The van der Waals surface area contributed by atoms with Gasteiger partial charge in [0.1, 0.15) is 6.07 Å². The third-order valence-electron chi connectivity index (χ3n) is 2.58. The molecule has 3 heteroatoms. The molecule has 1 unspecified atom stereocenters. The Morgan fingerprint density at radius 3 is 3.00 bits per heavy atom. The van der Waals surface area contributed by atoms with E-state index < -0.39 is 0 Å². The molecule has 0 saturated heterocycles. The van der Waals surface area contributed by atoms with E-state index in [2.05, 4.69) is 30.2 Å². The number of pyridine rings is 1. The number of rotatable bonds is 6. The molecule has 1 heterocycles. The highest BCUT2D eigenvalue weighted by atomic mass is 14.9. The van der Waals surface area contributed by atoms with Crippen molar-refractivity contribution < 1.29 is 0 Å². The lowest BCUT2D eigenvalue weighted by atomic mass is 10.1. The molecule has 86 valence electrons. The second kappa shape index (κ2) is 6.84. The first kappa shape index (κ1) is 12.5. The van der Waals surface area contributed by atoms with Gasteiger partial charge in [0.2, 0.25) is 0 Å². The van der Waals surface area contributed by atoms with Crippen LogP contribution in [0.3, 0.4) is 0 Å². The van der Waals surface area contributed by atoms with Crippen molar-refractivity contribution in [1.29, 1.82) is 5.26 Å². The third-order valence-corrected chi connectivity index (χ3v) is 2.58. The van der Waals surface area contributed by atoms with Crippen LogP contribution in [0.2, 0.25) is 0 Å². The fraction of sp³-hybridized carbons (Fsp3) is 0.538. The lowest BCUT2D eigenvalue weighted by Crippen LogP contribution is -2.15. The summed E-state index contributed by atoms with van der Waals surface area (Å²) in [4.78, 5) is 4.03. The molecule has 1 atom stereocenters. The summed E-state index contributed by atoms with van der Waals surface area (Å²) in [6, 6.07) is 4.29. The molecule has 16 heavy (non-hydrogen) atoms.